The first kappa shape index (κ1) is 10.6. The summed E-state index contributed by atoms with van der Waals surface area (Å²) in [6.07, 6.45) is 1.52. The Bertz CT molecular complexity index is 558. The van der Waals surface area contributed by atoms with Crippen molar-refractivity contribution in [3.63, 3.8) is 0 Å². The number of carbonyl (C=O) groups excluding carboxylic acids is 1. The van der Waals surface area contributed by atoms with Gasteiger partial charge in [0, 0.05) is 22.7 Å². The van der Waals surface area contributed by atoms with Gasteiger partial charge in [-0.2, -0.15) is 5.10 Å². The Hall–Kier alpha value is -1.91. The lowest BCUT2D eigenvalue weighted by Crippen LogP contribution is -2.22. The molecule has 5 heteroatoms. The van der Waals surface area contributed by atoms with Crippen LogP contribution in [0.1, 0.15) is 35.9 Å². The highest BCUT2D eigenvalue weighted by molar-refractivity contribution is 6.00. The van der Waals surface area contributed by atoms with Crippen LogP contribution >= 0.6 is 0 Å². The fourth-order valence-corrected chi connectivity index (χ4v) is 1.69. The monoisotopic (exact) mass is 218 g/mol. The van der Waals surface area contributed by atoms with E-state index in [0.29, 0.717) is 16.7 Å². The lowest BCUT2D eigenvalue weighted by atomic mass is 10.1. The number of carboxylic acid groups (broad SMARTS) is 1. The first-order valence-electron chi connectivity index (χ1n) is 5.07. The zero-order chi connectivity index (χ0) is 11.9. The molecule has 2 aromatic heterocycles. The van der Waals surface area contributed by atoms with Gasteiger partial charge in [-0.25, -0.2) is 9.67 Å². The molecule has 5 nitrogen and oxygen atoms in total. The lowest BCUT2D eigenvalue weighted by Gasteiger charge is -2.09. The zero-order valence-electron chi connectivity index (χ0n) is 9.39. The number of pyridine rings is 1. The number of carboxylic acids is 1. The first-order chi connectivity index (χ1) is 7.50. The van der Waals surface area contributed by atoms with Crippen LogP contribution in [-0.4, -0.2) is 20.7 Å². The van der Waals surface area contributed by atoms with E-state index in [0.717, 1.165) is 0 Å². The number of fused-ring (bicyclic) bond motifs is 1. The number of rotatable bonds is 2. The maximum atomic E-state index is 11.0. The van der Waals surface area contributed by atoms with Gasteiger partial charge in [0.25, 0.3) is 0 Å². The van der Waals surface area contributed by atoms with Crippen LogP contribution in [0.2, 0.25) is 0 Å². The van der Waals surface area contributed by atoms with E-state index in [4.69, 9.17) is 0 Å². The van der Waals surface area contributed by atoms with Crippen molar-refractivity contribution >= 4 is 17.0 Å². The normalized spacial score (nSPS) is 11.2. The molecular formula is C11H12N3O2-. The summed E-state index contributed by atoms with van der Waals surface area (Å²) in [5, 5.41) is 15.6. The second-order valence-electron chi connectivity index (χ2n) is 4.02. The number of aromatic nitrogens is 3. The van der Waals surface area contributed by atoms with Gasteiger partial charge in [0.15, 0.2) is 5.65 Å². The van der Waals surface area contributed by atoms with Gasteiger partial charge >= 0.3 is 0 Å². The van der Waals surface area contributed by atoms with Gasteiger partial charge < -0.3 is 9.90 Å². The number of nitrogens with zero attached hydrogens (tertiary/aromatic N) is 3. The predicted molar refractivity (Wildman–Crippen MR) is 57.0 cm³/mol. The van der Waals surface area contributed by atoms with Crippen molar-refractivity contribution in [2.45, 2.75) is 26.8 Å². The third kappa shape index (κ3) is 1.54. The number of aromatic carboxylic acids is 1. The first-order valence-corrected chi connectivity index (χ1v) is 5.07. The van der Waals surface area contributed by atoms with Crippen molar-refractivity contribution < 1.29 is 9.90 Å². The number of aryl methyl sites for hydroxylation is 1. The van der Waals surface area contributed by atoms with Gasteiger partial charge in [0.2, 0.25) is 0 Å². The molecule has 0 aliphatic rings. The molecule has 2 heterocycles. The van der Waals surface area contributed by atoms with Crippen molar-refractivity contribution in [1.29, 1.82) is 0 Å². The van der Waals surface area contributed by atoms with E-state index in [1.807, 2.05) is 13.8 Å². The van der Waals surface area contributed by atoms with Gasteiger partial charge in [-0.15, -0.1) is 0 Å². The van der Waals surface area contributed by atoms with Crippen LogP contribution in [0.4, 0.5) is 0 Å². The molecule has 0 spiro atoms. The number of hydrogen-bond acceptors (Lipinski definition) is 4. The molecule has 0 unspecified atom stereocenters. The molecule has 16 heavy (non-hydrogen) atoms. The zero-order valence-corrected chi connectivity index (χ0v) is 9.39. The Labute approximate surface area is 92.7 Å². The van der Waals surface area contributed by atoms with Gasteiger partial charge in [-0.1, -0.05) is 0 Å². The molecule has 0 saturated heterocycles. The molecule has 0 aliphatic carbocycles. The summed E-state index contributed by atoms with van der Waals surface area (Å²) < 4.78 is 1.70. The largest absolute Gasteiger partial charge is 0.545 e. The van der Waals surface area contributed by atoms with Crippen LogP contribution in [0.25, 0.3) is 11.0 Å². The van der Waals surface area contributed by atoms with Gasteiger partial charge in [0.05, 0.1) is 12.2 Å². The summed E-state index contributed by atoms with van der Waals surface area (Å²) in [6.45, 7) is 5.69. The molecule has 0 radical (unpaired) electrons. The van der Waals surface area contributed by atoms with E-state index in [-0.39, 0.29) is 11.6 Å². The number of hydrogen-bond donors (Lipinski definition) is 0. The summed E-state index contributed by atoms with van der Waals surface area (Å²) in [4.78, 5) is 15.3. The fourth-order valence-electron chi connectivity index (χ4n) is 1.69. The topological polar surface area (TPSA) is 70.8 Å². The second-order valence-corrected chi connectivity index (χ2v) is 4.02. The Morgan fingerprint density at radius 1 is 1.50 bits per heavy atom. The SMILES string of the molecule is Cc1cc(C(=O)[O-])c2cnn(C(C)C)c2n1. The van der Waals surface area contributed by atoms with Crippen molar-refractivity contribution in [3.8, 4) is 0 Å². The summed E-state index contributed by atoms with van der Waals surface area (Å²) in [5.41, 5.74) is 1.39. The van der Waals surface area contributed by atoms with Crippen LogP contribution in [0.15, 0.2) is 12.3 Å². The molecule has 0 aromatic carbocycles. The van der Waals surface area contributed by atoms with E-state index in [1.165, 1.54) is 12.3 Å². The molecule has 0 N–H and O–H groups in total. The summed E-state index contributed by atoms with van der Waals surface area (Å²) in [7, 11) is 0. The van der Waals surface area contributed by atoms with Crippen LogP contribution < -0.4 is 5.11 Å². The number of carbonyl (C=O) groups is 1. The Morgan fingerprint density at radius 3 is 2.75 bits per heavy atom. The second kappa shape index (κ2) is 3.59. The van der Waals surface area contributed by atoms with Gasteiger partial charge in [-0.05, 0) is 26.8 Å². The maximum absolute atomic E-state index is 11.0. The van der Waals surface area contributed by atoms with Crippen LogP contribution in [0, 0.1) is 6.92 Å². The summed E-state index contributed by atoms with van der Waals surface area (Å²) in [6, 6.07) is 1.64. The standard InChI is InChI=1S/C11H13N3O2/c1-6(2)14-10-9(5-12-14)8(11(15)16)4-7(3)13-10/h4-6H,1-3H3,(H,15,16)/p-1. The predicted octanol–water partition coefficient (Wildman–Crippen LogP) is 0.684. The molecule has 0 saturated carbocycles. The fraction of sp³-hybridized carbons (Fsp3) is 0.364. The van der Waals surface area contributed by atoms with Gasteiger partial charge in [0.1, 0.15) is 0 Å². The Kier molecular flexibility index (Phi) is 2.38. The average Bonchev–Trinajstić information content (AvgIpc) is 2.59. The molecule has 0 atom stereocenters. The minimum Gasteiger partial charge on any atom is -0.545 e. The highest BCUT2D eigenvalue weighted by atomic mass is 16.4. The van der Waals surface area contributed by atoms with E-state index in [2.05, 4.69) is 10.1 Å². The van der Waals surface area contributed by atoms with Crippen LogP contribution in [0.3, 0.4) is 0 Å². The van der Waals surface area contributed by atoms with Crippen LogP contribution in [0.5, 0.6) is 0 Å². The van der Waals surface area contributed by atoms with Crippen LogP contribution in [-0.2, 0) is 0 Å². The summed E-state index contributed by atoms with van der Waals surface area (Å²) in [5.74, 6) is -1.20. The molecule has 0 fully saturated rings. The minimum absolute atomic E-state index is 0.140. The minimum atomic E-state index is -1.20. The smallest absolute Gasteiger partial charge is 0.158 e. The lowest BCUT2D eigenvalue weighted by molar-refractivity contribution is -0.254. The molecule has 0 amide bonds. The molecule has 0 aliphatic heterocycles. The molecule has 0 bridgehead atoms. The third-order valence-electron chi connectivity index (χ3n) is 2.40. The van der Waals surface area contributed by atoms with Crippen molar-refractivity contribution in [2.75, 3.05) is 0 Å². The Balaban J connectivity index is 2.81. The molecular weight excluding hydrogens is 206 g/mol. The molecule has 2 aromatic rings. The average molecular weight is 218 g/mol. The third-order valence-corrected chi connectivity index (χ3v) is 2.40. The Morgan fingerprint density at radius 2 is 2.19 bits per heavy atom. The van der Waals surface area contributed by atoms with E-state index < -0.39 is 5.97 Å². The molecule has 2 rings (SSSR count). The highest BCUT2D eigenvalue weighted by Crippen LogP contribution is 2.20. The van der Waals surface area contributed by atoms with Crippen molar-refractivity contribution in [3.05, 3.63) is 23.5 Å². The van der Waals surface area contributed by atoms with Crippen molar-refractivity contribution in [1.82, 2.24) is 14.8 Å². The maximum Gasteiger partial charge on any atom is 0.158 e. The molecule has 84 valence electrons. The van der Waals surface area contributed by atoms with E-state index in [9.17, 15) is 9.90 Å². The van der Waals surface area contributed by atoms with Gasteiger partial charge in [-0.3, -0.25) is 0 Å². The van der Waals surface area contributed by atoms with E-state index >= 15 is 0 Å². The van der Waals surface area contributed by atoms with Crippen molar-refractivity contribution in [2.24, 2.45) is 0 Å². The highest BCUT2D eigenvalue weighted by Gasteiger charge is 2.12. The van der Waals surface area contributed by atoms with E-state index in [1.54, 1.807) is 11.6 Å². The summed E-state index contributed by atoms with van der Waals surface area (Å²) >= 11 is 0. The quantitative estimate of drug-likeness (QED) is 0.743.